The van der Waals surface area contributed by atoms with Crippen LogP contribution in [0.2, 0.25) is 0 Å². The first kappa shape index (κ1) is 14.5. The van der Waals surface area contributed by atoms with Gasteiger partial charge in [0.2, 0.25) is 0 Å². The van der Waals surface area contributed by atoms with Crippen molar-refractivity contribution in [1.29, 1.82) is 0 Å². The van der Waals surface area contributed by atoms with Crippen LogP contribution in [0.1, 0.15) is 28.8 Å². The van der Waals surface area contributed by atoms with Gasteiger partial charge in [-0.3, -0.25) is 4.79 Å². The minimum absolute atomic E-state index is 0.146. The van der Waals surface area contributed by atoms with Crippen molar-refractivity contribution in [2.24, 2.45) is 0 Å². The smallest absolute Gasteiger partial charge is 0.253 e. The van der Waals surface area contributed by atoms with Crippen molar-refractivity contribution >= 4 is 21.8 Å². The first-order valence-electron chi connectivity index (χ1n) is 6.71. The van der Waals surface area contributed by atoms with Gasteiger partial charge in [0.25, 0.3) is 5.91 Å². The average molecular weight is 325 g/mol. The molecule has 1 aliphatic rings. The molecule has 0 aliphatic carbocycles. The highest BCUT2D eigenvalue weighted by Crippen LogP contribution is 2.21. The van der Waals surface area contributed by atoms with E-state index in [0.29, 0.717) is 6.04 Å². The van der Waals surface area contributed by atoms with E-state index in [9.17, 15) is 4.79 Å². The Morgan fingerprint density at radius 2 is 2.16 bits per heavy atom. The number of likely N-dealkylation sites (N-methyl/N-ethyl adjacent to an activating group) is 1. The van der Waals surface area contributed by atoms with Gasteiger partial charge >= 0.3 is 0 Å². The molecule has 1 heterocycles. The Hall–Kier alpha value is -0.870. The number of piperidine rings is 1. The Morgan fingerprint density at radius 1 is 1.42 bits per heavy atom. The third kappa shape index (κ3) is 3.37. The highest BCUT2D eigenvalue weighted by molar-refractivity contribution is 9.10. The summed E-state index contributed by atoms with van der Waals surface area (Å²) in [4.78, 5) is 16.7. The van der Waals surface area contributed by atoms with Gasteiger partial charge in [-0.05, 0) is 51.6 Å². The summed E-state index contributed by atoms with van der Waals surface area (Å²) in [5.74, 6) is 0.146. The van der Waals surface area contributed by atoms with E-state index in [1.54, 1.807) is 0 Å². The van der Waals surface area contributed by atoms with Crippen LogP contribution in [0.15, 0.2) is 22.7 Å². The normalized spacial score (nSPS) is 19.8. The zero-order chi connectivity index (χ0) is 14.0. The number of rotatable bonds is 2. The maximum Gasteiger partial charge on any atom is 0.253 e. The Morgan fingerprint density at radius 3 is 2.79 bits per heavy atom. The van der Waals surface area contributed by atoms with E-state index in [0.717, 1.165) is 35.1 Å². The second-order valence-corrected chi connectivity index (χ2v) is 6.33. The van der Waals surface area contributed by atoms with E-state index in [-0.39, 0.29) is 5.91 Å². The molecule has 1 amide bonds. The van der Waals surface area contributed by atoms with Crippen molar-refractivity contribution in [2.75, 3.05) is 27.2 Å². The SMILES string of the molecule is Cc1ccc(C(=O)N2CCCC(N(C)C)C2)cc1Br. The van der Waals surface area contributed by atoms with Crippen molar-refractivity contribution < 1.29 is 4.79 Å². The van der Waals surface area contributed by atoms with Crippen molar-refractivity contribution in [1.82, 2.24) is 9.80 Å². The molecule has 3 nitrogen and oxygen atoms in total. The van der Waals surface area contributed by atoms with Gasteiger partial charge in [0, 0.05) is 29.2 Å². The summed E-state index contributed by atoms with van der Waals surface area (Å²) in [7, 11) is 4.17. The standard InChI is InChI=1S/C15H21BrN2O/c1-11-6-7-12(9-14(11)16)15(19)18-8-4-5-13(10-18)17(2)3/h6-7,9,13H,4-5,8,10H2,1-3H3. The van der Waals surface area contributed by atoms with Crippen molar-refractivity contribution in [3.05, 3.63) is 33.8 Å². The summed E-state index contributed by atoms with van der Waals surface area (Å²) < 4.78 is 1.000. The van der Waals surface area contributed by atoms with Gasteiger partial charge in [-0.25, -0.2) is 0 Å². The Kier molecular flexibility index (Phi) is 4.63. The fraction of sp³-hybridized carbons (Fsp3) is 0.533. The molecule has 4 heteroatoms. The third-order valence-corrected chi connectivity index (χ3v) is 4.69. The van der Waals surface area contributed by atoms with E-state index in [1.807, 2.05) is 30.0 Å². The number of likely N-dealkylation sites (tertiary alicyclic amines) is 1. The molecule has 19 heavy (non-hydrogen) atoms. The number of nitrogens with zero attached hydrogens (tertiary/aromatic N) is 2. The van der Waals surface area contributed by atoms with E-state index in [4.69, 9.17) is 0 Å². The summed E-state index contributed by atoms with van der Waals surface area (Å²) in [5.41, 5.74) is 1.93. The molecule has 0 N–H and O–H groups in total. The molecule has 1 saturated heterocycles. The van der Waals surface area contributed by atoms with Crippen LogP contribution in [0.5, 0.6) is 0 Å². The first-order chi connectivity index (χ1) is 8.99. The molecule has 104 valence electrons. The quantitative estimate of drug-likeness (QED) is 0.835. The van der Waals surface area contributed by atoms with Gasteiger partial charge in [0.1, 0.15) is 0 Å². The molecule has 1 aromatic rings. The van der Waals surface area contributed by atoms with E-state index < -0.39 is 0 Å². The summed E-state index contributed by atoms with van der Waals surface area (Å²) >= 11 is 3.49. The molecular weight excluding hydrogens is 304 g/mol. The lowest BCUT2D eigenvalue weighted by atomic mass is 10.0. The van der Waals surface area contributed by atoms with Crippen molar-refractivity contribution in [2.45, 2.75) is 25.8 Å². The minimum Gasteiger partial charge on any atom is -0.337 e. The van der Waals surface area contributed by atoms with E-state index in [2.05, 4.69) is 34.9 Å². The largest absolute Gasteiger partial charge is 0.337 e. The van der Waals surface area contributed by atoms with Crippen LogP contribution in [0.3, 0.4) is 0 Å². The molecule has 1 aliphatic heterocycles. The molecule has 0 saturated carbocycles. The van der Waals surface area contributed by atoms with E-state index >= 15 is 0 Å². The van der Waals surface area contributed by atoms with Gasteiger partial charge < -0.3 is 9.80 Å². The maximum atomic E-state index is 12.5. The number of aryl methyl sites for hydroxylation is 1. The summed E-state index contributed by atoms with van der Waals surface area (Å²) in [5, 5.41) is 0. The van der Waals surface area contributed by atoms with Gasteiger partial charge in [-0.2, -0.15) is 0 Å². The molecule has 0 aromatic heterocycles. The van der Waals surface area contributed by atoms with E-state index in [1.165, 1.54) is 6.42 Å². The number of halogens is 1. The molecule has 1 atom stereocenters. The highest BCUT2D eigenvalue weighted by atomic mass is 79.9. The molecule has 0 radical (unpaired) electrons. The van der Waals surface area contributed by atoms with Gasteiger partial charge in [0.15, 0.2) is 0 Å². The lowest BCUT2D eigenvalue weighted by Gasteiger charge is -2.36. The number of hydrogen-bond donors (Lipinski definition) is 0. The fourth-order valence-corrected chi connectivity index (χ4v) is 2.85. The van der Waals surface area contributed by atoms with Gasteiger partial charge in [-0.15, -0.1) is 0 Å². The molecule has 0 spiro atoms. The lowest BCUT2D eigenvalue weighted by Crippen LogP contribution is -2.47. The zero-order valence-corrected chi connectivity index (χ0v) is 13.4. The number of hydrogen-bond acceptors (Lipinski definition) is 2. The van der Waals surface area contributed by atoms with Crippen LogP contribution in [0.4, 0.5) is 0 Å². The second-order valence-electron chi connectivity index (χ2n) is 5.47. The second kappa shape index (κ2) is 6.06. The topological polar surface area (TPSA) is 23.6 Å². The monoisotopic (exact) mass is 324 g/mol. The zero-order valence-electron chi connectivity index (χ0n) is 11.8. The van der Waals surface area contributed by atoms with Crippen LogP contribution in [0.25, 0.3) is 0 Å². The molecular formula is C15H21BrN2O. The van der Waals surface area contributed by atoms with Gasteiger partial charge in [-0.1, -0.05) is 22.0 Å². The molecule has 2 rings (SSSR count). The predicted molar refractivity (Wildman–Crippen MR) is 81.5 cm³/mol. The highest BCUT2D eigenvalue weighted by Gasteiger charge is 2.25. The maximum absolute atomic E-state index is 12.5. The Balaban J connectivity index is 2.12. The van der Waals surface area contributed by atoms with Crippen LogP contribution >= 0.6 is 15.9 Å². The summed E-state index contributed by atoms with van der Waals surface area (Å²) in [6.07, 6.45) is 2.26. The molecule has 1 fully saturated rings. The van der Waals surface area contributed by atoms with Crippen LogP contribution < -0.4 is 0 Å². The summed E-state index contributed by atoms with van der Waals surface area (Å²) in [6.45, 7) is 3.73. The van der Waals surface area contributed by atoms with Crippen molar-refractivity contribution in [3.63, 3.8) is 0 Å². The Labute approximate surface area is 123 Å². The molecule has 1 aromatic carbocycles. The number of carbonyl (C=O) groups excluding carboxylic acids is 1. The molecule has 0 bridgehead atoms. The number of benzene rings is 1. The average Bonchev–Trinajstić information content (AvgIpc) is 2.41. The third-order valence-electron chi connectivity index (χ3n) is 3.83. The van der Waals surface area contributed by atoms with Crippen LogP contribution in [0, 0.1) is 6.92 Å². The fourth-order valence-electron chi connectivity index (χ4n) is 2.47. The lowest BCUT2D eigenvalue weighted by molar-refractivity contribution is 0.0635. The predicted octanol–water partition coefficient (Wildman–Crippen LogP) is 2.92. The number of amides is 1. The minimum atomic E-state index is 0.146. The van der Waals surface area contributed by atoms with Crippen LogP contribution in [-0.2, 0) is 0 Å². The van der Waals surface area contributed by atoms with Crippen molar-refractivity contribution in [3.8, 4) is 0 Å². The molecule has 1 unspecified atom stereocenters. The first-order valence-corrected chi connectivity index (χ1v) is 7.50. The Bertz CT molecular complexity index is 473. The number of carbonyl (C=O) groups is 1. The van der Waals surface area contributed by atoms with Gasteiger partial charge in [0.05, 0.1) is 0 Å². The summed E-state index contributed by atoms with van der Waals surface area (Å²) in [6, 6.07) is 6.31. The van der Waals surface area contributed by atoms with Crippen LogP contribution in [-0.4, -0.2) is 48.9 Å².